The fraction of sp³-hybridized carbons (Fsp3) is 0.591. The van der Waals surface area contributed by atoms with Gasteiger partial charge in [-0.2, -0.15) is 13.2 Å². The summed E-state index contributed by atoms with van der Waals surface area (Å²) < 4.78 is 46.3. The maximum atomic E-state index is 13.4. The zero-order chi connectivity index (χ0) is 24.9. The smallest absolute Gasteiger partial charge is 0.407 e. The molecule has 3 heterocycles. The highest BCUT2D eigenvalue weighted by Crippen LogP contribution is 2.58. The maximum Gasteiger partial charge on any atom is 0.407 e. The van der Waals surface area contributed by atoms with Gasteiger partial charge < -0.3 is 25.3 Å². The summed E-state index contributed by atoms with van der Waals surface area (Å²) in [4.78, 5) is 34.1. The molecule has 1 aliphatic carbocycles. The van der Waals surface area contributed by atoms with Gasteiger partial charge in [-0.25, -0.2) is 9.78 Å². The van der Waals surface area contributed by atoms with E-state index in [2.05, 4.69) is 36.5 Å². The highest BCUT2D eigenvalue weighted by molar-refractivity contribution is 9.10. The highest BCUT2D eigenvalue weighted by Gasteiger charge is 2.68. The molecular weight excluding hydrogens is 519 g/mol. The summed E-state index contributed by atoms with van der Waals surface area (Å²) >= 11 is 3.51. The van der Waals surface area contributed by atoms with Crippen LogP contribution in [0.5, 0.6) is 0 Å². The van der Waals surface area contributed by atoms with E-state index in [-0.39, 0.29) is 24.6 Å². The number of H-pyrrole nitrogens is 1. The van der Waals surface area contributed by atoms with Crippen LogP contribution in [0.2, 0.25) is 0 Å². The molecule has 2 aromatic heterocycles. The van der Waals surface area contributed by atoms with Crippen molar-refractivity contribution in [1.29, 1.82) is 0 Å². The van der Waals surface area contributed by atoms with Crippen LogP contribution < -0.4 is 15.5 Å². The van der Waals surface area contributed by atoms with Crippen LogP contribution in [-0.4, -0.2) is 52.9 Å². The van der Waals surface area contributed by atoms with Gasteiger partial charge in [-0.1, -0.05) is 0 Å². The van der Waals surface area contributed by atoms with Crippen molar-refractivity contribution in [3.63, 3.8) is 0 Å². The molecule has 0 radical (unpaired) electrons. The second kappa shape index (κ2) is 8.62. The first kappa shape index (κ1) is 24.6. The Hall–Kier alpha value is -2.50. The second-order valence-corrected chi connectivity index (χ2v) is 10.7. The number of alkyl halides is 3. The molecule has 4 rings (SSSR count). The zero-order valence-corrected chi connectivity index (χ0v) is 20.7. The zero-order valence-electron chi connectivity index (χ0n) is 19.1. The number of fused-ring (bicyclic) bond motifs is 1. The van der Waals surface area contributed by atoms with Gasteiger partial charge in [-0.05, 0) is 62.4 Å². The first-order valence-corrected chi connectivity index (χ1v) is 11.9. The Balaban J connectivity index is 1.59. The molecule has 34 heavy (non-hydrogen) atoms. The van der Waals surface area contributed by atoms with Crippen LogP contribution in [0.25, 0.3) is 11.0 Å². The van der Waals surface area contributed by atoms with Gasteiger partial charge in [0, 0.05) is 31.5 Å². The van der Waals surface area contributed by atoms with Crippen molar-refractivity contribution in [2.45, 2.75) is 64.3 Å². The number of aromatic nitrogens is 2. The predicted molar refractivity (Wildman–Crippen MR) is 125 cm³/mol. The lowest BCUT2D eigenvalue weighted by molar-refractivity contribution is -0.189. The first-order valence-electron chi connectivity index (χ1n) is 11.1. The molecule has 2 amide bonds. The Kier molecular flexibility index (Phi) is 6.24. The molecule has 0 bridgehead atoms. The van der Waals surface area contributed by atoms with Crippen molar-refractivity contribution >= 4 is 50.3 Å². The summed E-state index contributed by atoms with van der Waals surface area (Å²) in [5.41, 5.74) is -1.58. The van der Waals surface area contributed by atoms with Crippen molar-refractivity contribution in [3.8, 4) is 0 Å². The van der Waals surface area contributed by atoms with E-state index < -0.39 is 29.2 Å². The van der Waals surface area contributed by atoms with Crippen LogP contribution in [0, 0.1) is 5.41 Å². The summed E-state index contributed by atoms with van der Waals surface area (Å²) in [7, 11) is 0. The number of piperidine rings is 1. The van der Waals surface area contributed by atoms with E-state index in [1.165, 1.54) is 6.20 Å². The number of ether oxygens (including phenoxy) is 1. The number of nitrogens with one attached hydrogen (secondary N) is 3. The minimum atomic E-state index is -4.60. The van der Waals surface area contributed by atoms with E-state index >= 15 is 0 Å². The summed E-state index contributed by atoms with van der Waals surface area (Å²) in [6.07, 6.45) is -0.950. The summed E-state index contributed by atoms with van der Waals surface area (Å²) in [5, 5.41) is 5.89. The van der Waals surface area contributed by atoms with Crippen LogP contribution in [0.4, 0.5) is 29.3 Å². The Bertz CT molecular complexity index is 1110. The van der Waals surface area contributed by atoms with Crippen LogP contribution in [0.1, 0.15) is 46.5 Å². The Labute approximate surface area is 203 Å². The topological polar surface area (TPSA) is 99.3 Å². The van der Waals surface area contributed by atoms with Crippen molar-refractivity contribution < 1.29 is 27.5 Å². The minimum Gasteiger partial charge on any atom is -0.444 e. The van der Waals surface area contributed by atoms with Crippen molar-refractivity contribution in [1.82, 2.24) is 15.3 Å². The van der Waals surface area contributed by atoms with Crippen molar-refractivity contribution in [2.75, 3.05) is 23.3 Å². The second-order valence-electron chi connectivity index (χ2n) is 9.85. The van der Waals surface area contributed by atoms with E-state index in [0.29, 0.717) is 34.3 Å². The maximum absolute atomic E-state index is 13.4. The van der Waals surface area contributed by atoms with E-state index in [0.717, 1.165) is 12.8 Å². The number of aromatic amines is 1. The molecule has 2 aliphatic rings. The number of nitrogens with zero attached hydrogens (tertiary/aromatic N) is 2. The lowest BCUT2D eigenvalue weighted by atomic mass is 10.0. The number of carbonyl (C=O) groups is 2. The van der Waals surface area contributed by atoms with Crippen LogP contribution in [0.3, 0.4) is 0 Å². The minimum absolute atomic E-state index is 0.185. The van der Waals surface area contributed by atoms with Gasteiger partial charge in [-0.15, -0.1) is 0 Å². The molecule has 3 N–H and O–H groups in total. The van der Waals surface area contributed by atoms with Gasteiger partial charge in [0.25, 0.3) is 0 Å². The number of rotatable bonds is 4. The normalized spacial score (nSPS) is 20.2. The van der Waals surface area contributed by atoms with Crippen molar-refractivity contribution in [3.05, 3.63) is 16.9 Å². The quantitative estimate of drug-likeness (QED) is 0.496. The Morgan fingerprint density at radius 3 is 2.62 bits per heavy atom. The molecule has 1 aliphatic heterocycles. The van der Waals surface area contributed by atoms with Gasteiger partial charge in [-0.3, -0.25) is 4.79 Å². The predicted octanol–water partition coefficient (Wildman–Crippen LogP) is 5.10. The van der Waals surface area contributed by atoms with Gasteiger partial charge in [0.05, 0.1) is 21.2 Å². The summed E-state index contributed by atoms with van der Waals surface area (Å²) in [6, 6.07) is -0.185. The SMILES string of the molecule is CC(C)(C)OC(=O)N[C@@H]1CCCN(c2c(Br)cnc3[nH]cc(NC(=O)C4(C(F)(F)F)CC4)c23)C1. The average molecular weight is 546 g/mol. The molecule has 12 heteroatoms. The first-order chi connectivity index (χ1) is 15.8. The Morgan fingerprint density at radius 1 is 1.29 bits per heavy atom. The number of halogens is 4. The molecule has 2 fully saturated rings. The molecule has 8 nitrogen and oxygen atoms in total. The molecule has 1 atom stereocenters. The molecule has 0 aromatic carbocycles. The van der Waals surface area contributed by atoms with E-state index in [1.54, 1.807) is 27.0 Å². The van der Waals surface area contributed by atoms with Gasteiger partial charge >= 0.3 is 12.3 Å². The van der Waals surface area contributed by atoms with E-state index in [9.17, 15) is 22.8 Å². The van der Waals surface area contributed by atoms with Crippen LogP contribution in [-0.2, 0) is 9.53 Å². The third-order valence-electron chi connectivity index (χ3n) is 6.06. The van der Waals surface area contributed by atoms with Crippen LogP contribution >= 0.6 is 15.9 Å². The van der Waals surface area contributed by atoms with E-state index in [1.807, 2.05) is 4.90 Å². The highest BCUT2D eigenvalue weighted by atomic mass is 79.9. The van der Waals surface area contributed by atoms with Crippen LogP contribution in [0.15, 0.2) is 16.9 Å². The Morgan fingerprint density at radius 2 is 2.00 bits per heavy atom. The molecule has 0 unspecified atom stereocenters. The van der Waals surface area contributed by atoms with E-state index in [4.69, 9.17) is 4.74 Å². The molecule has 2 aromatic rings. The fourth-order valence-corrected chi connectivity index (χ4v) is 4.79. The number of pyridine rings is 1. The average Bonchev–Trinajstić information content (AvgIpc) is 3.45. The van der Waals surface area contributed by atoms with Crippen molar-refractivity contribution in [2.24, 2.45) is 5.41 Å². The number of alkyl carbamates (subject to hydrolysis) is 1. The number of hydrogen-bond acceptors (Lipinski definition) is 5. The standard InChI is InChI=1S/C22H27BrF3N5O3/c1-20(2,3)34-19(33)29-12-5-4-8-31(11-12)16-13(23)9-27-17-15(16)14(10-28-17)30-18(32)21(6-7-21)22(24,25)26/h9-10,12H,4-8,11H2,1-3H3,(H,27,28)(H,29,33)(H,30,32)/t12-/m1/s1. The third-order valence-corrected chi connectivity index (χ3v) is 6.64. The molecule has 186 valence electrons. The number of hydrogen-bond donors (Lipinski definition) is 3. The largest absolute Gasteiger partial charge is 0.444 e. The number of amides is 2. The lowest BCUT2D eigenvalue weighted by Crippen LogP contribution is -2.49. The fourth-order valence-electron chi connectivity index (χ4n) is 4.24. The van der Waals surface area contributed by atoms with Gasteiger partial charge in [0.15, 0.2) is 0 Å². The van der Waals surface area contributed by atoms with Gasteiger partial charge in [0.2, 0.25) is 5.91 Å². The molecule has 1 saturated carbocycles. The molecular formula is C22H27BrF3N5O3. The summed E-state index contributed by atoms with van der Waals surface area (Å²) in [5.74, 6) is -1.06. The van der Waals surface area contributed by atoms with Gasteiger partial charge in [0.1, 0.15) is 16.7 Å². The number of carbonyl (C=O) groups excluding carboxylic acids is 2. The lowest BCUT2D eigenvalue weighted by Gasteiger charge is -2.36. The molecule has 1 saturated heterocycles. The number of anilines is 2. The third kappa shape index (κ3) is 4.82. The monoisotopic (exact) mass is 545 g/mol. The molecule has 0 spiro atoms. The summed E-state index contributed by atoms with van der Waals surface area (Å²) in [6.45, 7) is 6.49.